The van der Waals surface area contributed by atoms with Crippen LogP contribution in [0.25, 0.3) is 11.1 Å². The average molecular weight is 249 g/mol. The molecule has 0 aliphatic rings. The summed E-state index contributed by atoms with van der Waals surface area (Å²) < 4.78 is 5.12. The molecule has 1 aromatic heterocycles. The van der Waals surface area contributed by atoms with Crippen LogP contribution < -0.4 is 10.5 Å². The van der Waals surface area contributed by atoms with Crippen molar-refractivity contribution in [2.24, 2.45) is 5.73 Å². The van der Waals surface area contributed by atoms with E-state index >= 15 is 0 Å². The molecule has 0 amide bonds. The van der Waals surface area contributed by atoms with Crippen molar-refractivity contribution < 1.29 is 4.74 Å². The number of ether oxygens (including phenoxy) is 1. The fourth-order valence-corrected chi connectivity index (χ4v) is 1.96. The lowest BCUT2D eigenvalue weighted by Crippen LogP contribution is -1.99. The molecule has 0 unspecified atom stereocenters. The van der Waals surface area contributed by atoms with Gasteiger partial charge in [-0.05, 0) is 34.9 Å². The summed E-state index contributed by atoms with van der Waals surface area (Å²) in [6, 6.07) is 7.60. The number of aromatic nitrogens is 1. The van der Waals surface area contributed by atoms with Gasteiger partial charge in [-0.25, -0.2) is 0 Å². The van der Waals surface area contributed by atoms with Gasteiger partial charge in [-0.15, -0.1) is 0 Å². The van der Waals surface area contributed by atoms with E-state index in [0.717, 1.165) is 16.7 Å². The number of nitrogens with zero attached hydrogens (tertiary/aromatic N) is 1. The summed E-state index contributed by atoms with van der Waals surface area (Å²) in [4.78, 5) is 4.06. The first kappa shape index (κ1) is 11.9. The second kappa shape index (κ2) is 5.17. The summed E-state index contributed by atoms with van der Waals surface area (Å²) in [5, 5.41) is 0.588. The van der Waals surface area contributed by atoms with Crippen LogP contribution >= 0.6 is 11.6 Å². The Labute approximate surface area is 105 Å². The molecule has 2 rings (SSSR count). The minimum atomic E-state index is 0.451. The van der Waals surface area contributed by atoms with E-state index in [9.17, 15) is 0 Å². The lowest BCUT2D eigenvalue weighted by molar-refractivity contribution is 0.415. The van der Waals surface area contributed by atoms with E-state index in [1.165, 1.54) is 0 Å². The van der Waals surface area contributed by atoms with Crippen molar-refractivity contribution >= 4 is 11.6 Å². The number of hydrogen-bond donors (Lipinski definition) is 1. The van der Waals surface area contributed by atoms with Crippen molar-refractivity contribution in [3.05, 3.63) is 47.2 Å². The van der Waals surface area contributed by atoms with Crippen LogP contribution in [0.3, 0.4) is 0 Å². The Hall–Kier alpha value is -1.58. The summed E-state index contributed by atoms with van der Waals surface area (Å²) in [5.41, 5.74) is 8.74. The van der Waals surface area contributed by atoms with Crippen LogP contribution in [-0.4, -0.2) is 12.1 Å². The van der Waals surface area contributed by atoms with Gasteiger partial charge in [-0.1, -0.05) is 17.7 Å². The molecule has 0 atom stereocenters. The fraction of sp³-hybridized carbons (Fsp3) is 0.154. The first-order valence-corrected chi connectivity index (χ1v) is 5.61. The standard InChI is InChI=1S/C13H13ClN2O/c1-17-13-3-2-9(6-12(13)14)11-4-5-16-8-10(11)7-15/h2-6,8H,7,15H2,1H3. The number of halogens is 1. The van der Waals surface area contributed by atoms with Crippen molar-refractivity contribution in [1.29, 1.82) is 0 Å². The van der Waals surface area contributed by atoms with Gasteiger partial charge in [0.2, 0.25) is 0 Å². The molecular formula is C13H13ClN2O. The SMILES string of the molecule is COc1ccc(-c2ccncc2CN)cc1Cl. The Morgan fingerprint density at radius 3 is 2.82 bits per heavy atom. The summed E-state index contributed by atoms with van der Waals surface area (Å²) in [6.45, 7) is 0.451. The predicted molar refractivity (Wildman–Crippen MR) is 69.1 cm³/mol. The van der Waals surface area contributed by atoms with Gasteiger partial charge in [0.05, 0.1) is 12.1 Å². The zero-order chi connectivity index (χ0) is 12.3. The Bertz CT molecular complexity index is 529. The van der Waals surface area contributed by atoms with Gasteiger partial charge in [0.1, 0.15) is 5.75 Å². The first-order valence-electron chi connectivity index (χ1n) is 5.23. The molecule has 0 aliphatic carbocycles. The minimum absolute atomic E-state index is 0.451. The van der Waals surface area contributed by atoms with Crippen LogP contribution in [0.4, 0.5) is 0 Å². The third kappa shape index (κ3) is 2.40. The van der Waals surface area contributed by atoms with Crippen molar-refractivity contribution in [3.63, 3.8) is 0 Å². The molecule has 0 spiro atoms. The topological polar surface area (TPSA) is 48.1 Å². The second-order valence-corrected chi connectivity index (χ2v) is 3.99. The maximum atomic E-state index is 6.10. The number of methoxy groups -OCH3 is 1. The molecule has 1 heterocycles. The van der Waals surface area contributed by atoms with Crippen molar-refractivity contribution in [2.45, 2.75) is 6.54 Å². The molecule has 0 radical (unpaired) electrons. The summed E-state index contributed by atoms with van der Waals surface area (Å²) >= 11 is 6.10. The fourth-order valence-electron chi connectivity index (χ4n) is 1.71. The molecule has 0 bridgehead atoms. The molecule has 0 aliphatic heterocycles. The summed E-state index contributed by atoms with van der Waals surface area (Å²) in [7, 11) is 1.60. The van der Waals surface area contributed by atoms with Crippen LogP contribution in [-0.2, 0) is 6.54 Å². The normalized spacial score (nSPS) is 10.3. The van der Waals surface area contributed by atoms with E-state index in [-0.39, 0.29) is 0 Å². The molecular weight excluding hydrogens is 236 g/mol. The highest BCUT2D eigenvalue weighted by Gasteiger charge is 2.07. The molecule has 3 nitrogen and oxygen atoms in total. The van der Waals surface area contributed by atoms with Crippen LogP contribution in [0, 0.1) is 0 Å². The number of rotatable bonds is 3. The van der Waals surface area contributed by atoms with Crippen LogP contribution in [0.5, 0.6) is 5.75 Å². The smallest absolute Gasteiger partial charge is 0.137 e. The molecule has 17 heavy (non-hydrogen) atoms. The largest absolute Gasteiger partial charge is 0.495 e. The average Bonchev–Trinajstić information content (AvgIpc) is 2.38. The van der Waals surface area contributed by atoms with E-state index in [2.05, 4.69) is 4.98 Å². The van der Waals surface area contributed by atoms with Gasteiger partial charge in [0.15, 0.2) is 0 Å². The molecule has 1 aromatic carbocycles. The molecule has 2 N–H and O–H groups in total. The molecule has 4 heteroatoms. The van der Waals surface area contributed by atoms with Gasteiger partial charge in [-0.2, -0.15) is 0 Å². The predicted octanol–water partition coefficient (Wildman–Crippen LogP) is 2.87. The summed E-state index contributed by atoms with van der Waals surface area (Å²) in [5.74, 6) is 0.666. The second-order valence-electron chi connectivity index (χ2n) is 3.59. The lowest BCUT2D eigenvalue weighted by atomic mass is 10.0. The Morgan fingerprint density at radius 2 is 2.18 bits per heavy atom. The minimum Gasteiger partial charge on any atom is -0.495 e. The maximum absolute atomic E-state index is 6.10. The van der Waals surface area contributed by atoms with Gasteiger partial charge < -0.3 is 10.5 Å². The highest BCUT2D eigenvalue weighted by Crippen LogP contribution is 2.31. The van der Waals surface area contributed by atoms with E-state index in [0.29, 0.717) is 17.3 Å². The Balaban J connectivity index is 2.49. The molecule has 2 aromatic rings. The van der Waals surface area contributed by atoms with Gasteiger partial charge >= 0.3 is 0 Å². The van der Waals surface area contributed by atoms with Gasteiger partial charge in [0.25, 0.3) is 0 Å². The van der Waals surface area contributed by atoms with Crippen LogP contribution in [0.2, 0.25) is 5.02 Å². The first-order chi connectivity index (χ1) is 8.26. The molecule has 0 saturated heterocycles. The molecule has 0 saturated carbocycles. The number of hydrogen-bond acceptors (Lipinski definition) is 3. The van der Waals surface area contributed by atoms with E-state index in [1.54, 1.807) is 19.5 Å². The van der Waals surface area contributed by atoms with Gasteiger partial charge in [-0.3, -0.25) is 4.98 Å². The zero-order valence-corrected chi connectivity index (χ0v) is 10.2. The summed E-state index contributed by atoms with van der Waals surface area (Å²) in [6.07, 6.45) is 3.51. The number of nitrogens with two attached hydrogens (primary N) is 1. The third-order valence-corrected chi connectivity index (χ3v) is 2.88. The molecule has 0 fully saturated rings. The van der Waals surface area contributed by atoms with Crippen LogP contribution in [0.1, 0.15) is 5.56 Å². The van der Waals surface area contributed by atoms with Crippen molar-refractivity contribution in [2.75, 3.05) is 7.11 Å². The van der Waals surface area contributed by atoms with E-state index in [1.807, 2.05) is 24.3 Å². The zero-order valence-electron chi connectivity index (χ0n) is 9.48. The monoisotopic (exact) mass is 248 g/mol. The lowest BCUT2D eigenvalue weighted by Gasteiger charge is -2.09. The number of pyridine rings is 1. The maximum Gasteiger partial charge on any atom is 0.137 e. The van der Waals surface area contributed by atoms with Crippen molar-refractivity contribution in [1.82, 2.24) is 4.98 Å². The quantitative estimate of drug-likeness (QED) is 0.909. The van der Waals surface area contributed by atoms with E-state index in [4.69, 9.17) is 22.1 Å². The molecule has 88 valence electrons. The van der Waals surface area contributed by atoms with Gasteiger partial charge in [0, 0.05) is 18.9 Å². The third-order valence-electron chi connectivity index (χ3n) is 2.59. The Morgan fingerprint density at radius 1 is 1.35 bits per heavy atom. The Kier molecular flexibility index (Phi) is 3.61. The highest BCUT2D eigenvalue weighted by molar-refractivity contribution is 6.32. The van der Waals surface area contributed by atoms with Crippen LogP contribution in [0.15, 0.2) is 36.7 Å². The van der Waals surface area contributed by atoms with Crippen molar-refractivity contribution in [3.8, 4) is 16.9 Å². The highest BCUT2D eigenvalue weighted by atomic mass is 35.5. The van der Waals surface area contributed by atoms with E-state index < -0.39 is 0 Å². The number of benzene rings is 1.